The predicted octanol–water partition coefficient (Wildman–Crippen LogP) is 1.85. The number of carbonyl (C=O) groups is 1. The Morgan fingerprint density at radius 2 is 2.00 bits per heavy atom. The molecule has 5 rings (SSSR count). The van der Waals surface area contributed by atoms with Crippen LogP contribution in [-0.4, -0.2) is 105 Å². The second kappa shape index (κ2) is 13.6. The van der Waals surface area contributed by atoms with Gasteiger partial charge in [0.1, 0.15) is 0 Å². The Balaban J connectivity index is 1.26. The van der Waals surface area contributed by atoms with Gasteiger partial charge in [0, 0.05) is 78.3 Å². The lowest BCUT2D eigenvalue weighted by Crippen LogP contribution is -2.41. The van der Waals surface area contributed by atoms with Crippen LogP contribution < -0.4 is 15.4 Å². The number of hydrogen-bond donors (Lipinski definition) is 0. The molecule has 10 nitrogen and oxygen atoms in total. The van der Waals surface area contributed by atoms with Crippen molar-refractivity contribution < 1.29 is 14.3 Å². The number of anilines is 2. The monoisotopic (exact) mass is 552 g/mol. The third-order valence-electron chi connectivity index (χ3n) is 8.45. The van der Waals surface area contributed by atoms with Crippen molar-refractivity contribution in [2.24, 2.45) is 5.92 Å². The van der Waals surface area contributed by atoms with Gasteiger partial charge in [-0.1, -0.05) is 12.1 Å². The van der Waals surface area contributed by atoms with E-state index >= 15 is 0 Å². The largest absolute Gasteiger partial charge is 0.383 e. The van der Waals surface area contributed by atoms with Crippen molar-refractivity contribution in [3.05, 3.63) is 51.9 Å². The van der Waals surface area contributed by atoms with Gasteiger partial charge >= 0.3 is 0 Å². The second-order valence-corrected chi connectivity index (χ2v) is 11.3. The molecular formula is C30H44N6O4. The molecule has 1 amide bonds. The molecule has 0 bridgehead atoms. The number of hydrogen-bond acceptors (Lipinski definition) is 8. The summed E-state index contributed by atoms with van der Waals surface area (Å²) in [5.74, 6) is 0.115. The normalized spacial score (nSPS) is 19.6. The molecule has 0 saturated carbocycles. The number of aromatic nitrogens is 2. The summed E-state index contributed by atoms with van der Waals surface area (Å²) < 4.78 is 12.0. The number of carbonyl (C=O) groups excluding carboxylic acids is 1. The van der Waals surface area contributed by atoms with Gasteiger partial charge in [-0.05, 0) is 42.9 Å². The molecular weight excluding hydrogens is 508 g/mol. The summed E-state index contributed by atoms with van der Waals surface area (Å²) in [6.07, 6.45) is 5.71. The first-order valence-electron chi connectivity index (χ1n) is 14.7. The first-order valence-corrected chi connectivity index (χ1v) is 14.7. The summed E-state index contributed by atoms with van der Waals surface area (Å²) in [5, 5.41) is 4.32. The summed E-state index contributed by atoms with van der Waals surface area (Å²) in [4.78, 5) is 35.4. The Morgan fingerprint density at radius 3 is 2.80 bits per heavy atom. The van der Waals surface area contributed by atoms with Crippen molar-refractivity contribution in [3.8, 4) is 0 Å². The van der Waals surface area contributed by atoms with Gasteiger partial charge in [-0.2, -0.15) is 5.10 Å². The van der Waals surface area contributed by atoms with Gasteiger partial charge in [0.2, 0.25) is 5.91 Å². The zero-order valence-electron chi connectivity index (χ0n) is 24.1. The maximum Gasteiger partial charge on any atom is 0.268 e. The van der Waals surface area contributed by atoms with Gasteiger partial charge < -0.3 is 24.2 Å². The lowest BCUT2D eigenvalue weighted by atomic mass is 9.99. The Morgan fingerprint density at radius 1 is 1.15 bits per heavy atom. The van der Waals surface area contributed by atoms with Gasteiger partial charge in [0.25, 0.3) is 5.56 Å². The fourth-order valence-electron chi connectivity index (χ4n) is 6.13. The first-order chi connectivity index (χ1) is 19.5. The molecule has 1 atom stereocenters. The molecule has 3 aliphatic heterocycles. The van der Waals surface area contributed by atoms with E-state index in [1.165, 1.54) is 27.9 Å². The van der Waals surface area contributed by atoms with E-state index in [0.717, 1.165) is 77.4 Å². The third-order valence-corrected chi connectivity index (χ3v) is 8.45. The molecule has 0 aliphatic carbocycles. The molecule has 1 aromatic carbocycles. The molecule has 2 saturated heterocycles. The van der Waals surface area contributed by atoms with Crippen LogP contribution in [-0.2, 0) is 33.8 Å². The van der Waals surface area contributed by atoms with E-state index in [4.69, 9.17) is 9.47 Å². The standard InChI is InChI=1S/C30H44N6O4/c1-32-9-3-5-25-19-24(6-7-28(25)32)22-35(11-4-10-33-13-17-40-18-14-33)30(38)26-8-12-34(23-26)27-20-29(37)36(31-21-27)15-16-39-2/h6-7,19-21,26H,3-5,8-18,22-23H2,1-2H3. The second-order valence-electron chi connectivity index (χ2n) is 11.3. The Hall–Kier alpha value is -2.95. The van der Waals surface area contributed by atoms with Crippen LogP contribution in [0.1, 0.15) is 30.4 Å². The molecule has 2 fully saturated rings. The number of aryl methyl sites for hydroxylation is 1. The van der Waals surface area contributed by atoms with E-state index in [9.17, 15) is 9.59 Å². The number of rotatable bonds is 11. The zero-order valence-corrected chi connectivity index (χ0v) is 24.1. The molecule has 1 unspecified atom stereocenters. The molecule has 1 aromatic heterocycles. The number of nitrogens with zero attached hydrogens (tertiary/aromatic N) is 6. The summed E-state index contributed by atoms with van der Waals surface area (Å²) in [6.45, 7) is 9.15. The maximum atomic E-state index is 14.0. The van der Waals surface area contributed by atoms with E-state index in [0.29, 0.717) is 26.2 Å². The molecule has 218 valence electrons. The topological polar surface area (TPSA) is 83.4 Å². The van der Waals surface area contributed by atoms with Crippen molar-refractivity contribution in [1.29, 1.82) is 0 Å². The van der Waals surface area contributed by atoms with Crippen molar-refractivity contribution in [2.75, 3.05) is 89.6 Å². The highest BCUT2D eigenvalue weighted by Crippen LogP contribution is 2.28. The average molecular weight is 553 g/mol. The fourth-order valence-corrected chi connectivity index (χ4v) is 6.13. The maximum absolute atomic E-state index is 14.0. The molecule has 10 heteroatoms. The van der Waals surface area contributed by atoms with E-state index in [-0.39, 0.29) is 17.4 Å². The van der Waals surface area contributed by atoms with Crippen LogP contribution in [0.25, 0.3) is 0 Å². The molecule has 0 N–H and O–H groups in total. The Bertz CT molecular complexity index is 1200. The first kappa shape index (κ1) is 28.6. The highest BCUT2D eigenvalue weighted by molar-refractivity contribution is 5.80. The average Bonchev–Trinajstić information content (AvgIpc) is 3.47. The molecule has 3 aliphatic rings. The smallest absolute Gasteiger partial charge is 0.268 e. The number of methoxy groups -OCH3 is 1. The Labute approximate surface area is 237 Å². The molecule has 40 heavy (non-hydrogen) atoms. The minimum atomic E-state index is -0.146. The highest BCUT2D eigenvalue weighted by Gasteiger charge is 2.32. The zero-order chi connectivity index (χ0) is 27.9. The third kappa shape index (κ3) is 7.03. The van der Waals surface area contributed by atoms with Gasteiger partial charge in [0.15, 0.2) is 0 Å². The van der Waals surface area contributed by atoms with Gasteiger partial charge in [-0.25, -0.2) is 4.68 Å². The predicted molar refractivity (Wildman–Crippen MR) is 156 cm³/mol. The number of morpholine rings is 1. The fraction of sp³-hybridized carbons (Fsp3) is 0.633. The summed E-state index contributed by atoms with van der Waals surface area (Å²) in [5.41, 5.74) is 4.53. The van der Waals surface area contributed by atoms with E-state index in [2.05, 4.69) is 49.9 Å². The minimum absolute atomic E-state index is 0.0944. The van der Waals surface area contributed by atoms with E-state index in [1.54, 1.807) is 19.4 Å². The number of fused-ring (bicyclic) bond motifs is 1. The quantitative estimate of drug-likeness (QED) is 0.418. The number of ether oxygens (including phenoxy) is 2. The molecule has 4 heterocycles. The van der Waals surface area contributed by atoms with Gasteiger partial charge in [-0.15, -0.1) is 0 Å². The van der Waals surface area contributed by atoms with Crippen molar-refractivity contribution >= 4 is 17.3 Å². The van der Waals surface area contributed by atoms with Gasteiger partial charge in [-0.3, -0.25) is 14.5 Å². The molecule has 0 spiro atoms. The molecule has 2 aromatic rings. The lowest BCUT2D eigenvalue weighted by molar-refractivity contribution is -0.135. The van der Waals surface area contributed by atoms with Crippen molar-refractivity contribution in [2.45, 2.75) is 38.8 Å². The highest BCUT2D eigenvalue weighted by atomic mass is 16.5. The summed E-state index contributed by atoms with van der Waals surface area (Å²) >= 11 is 0. The van der Waals surface area contributed by atoms with Crippen molar-refractivity contribution in [1.82, 2.24) is 19.6 Å². The van der Waals surface area contributed by atoms with Crippen molar-refractivity contribution in [3.63, 3.8) is 0 Å². The van der Waals surface area contributed by atoms with Crippen LogP contribution in [0.5, 0.6) is 0 Å². The van der Waals surface area contributed by atoms with Crippen LogP contribution in [0.2, 0.25) is 0 Å². The van der Waals surface area contributed by atoms with E-state index in [1.807, 2.05) is 0 Å². The number of benzene rings is 1. The van der Waals surface area contributed by atoms with Crippen LogP contribution >= 0.6 is 0 Å². The van der Waals surface area contributed by atoms with Gasteiger partial charge in [0.05, 0.1) is 44.2 Å². The van der Waals surface area contributed by atoms with Crippen LogP contribution in [0.15, 0.2) is 35.3 Å². The number of amides is 1. The SMILES string of the molecule is COCCn1ncc(N2CCC(C(=O)N(CCCN3CCOCC3)Cc3ccc4c(c3)CCCN4C)C2)cc1=O. The summed E-state index contributed by atoms with van der Waals surface area (Å²) in [6, 6.07) is 8.34. The summed E-state index contributed by atoms with van der Waals surface area (Å²) in [7, 11) is 3.76. The Kier molecular flexibility index (Phi) is 9.72. The van der Waals surface area contributed by atoms with E-state index < -0.39 is 0 Å². The minimum Gasteiger partial charge on any atom is -0.383 e. The van der Waals surface area contributed by atoms with Crippen LogP contribution in [0, 0.1) is 5.92 Å². The lowest BCUT2D eigenvalue weighted by Gasteiger charge is -2.31. The molecule has 0 radical (unpaired) electrons. The van der Waals surface area contributed by atoms with Crippen LogP contribution in [0.3, 0.4) is 0 Å². The van der Waals surface area contributed by atoms with Crippen LogP contribution in [0.4, 0.5) is 11.4 Å².